The molecule has 0 spiro atoms. The van der Waals surface area contributed by atoms with E-state index < -0.39 is 0 Å². The number of amides is 1. The van der Waals surface area contributed by atoms with Crippen molar-refractivity contribution in [1.82, 2.24) is 15.1 Å². The number of hydrogen-bond donors (Lipinski definition) is 2. The van der Waals surface area contributed by atoms with Crippen LogP contribution in [0.4, 0.5) is 4.79 Å². The van der Waals surface area contributed by atoms with Gasteiger partial charge in [0.15, 0.2) is 5.96 Å². The van der Waals surface area contributed by atoms with E-state index in [-0.39, 0.29) is 42.2 Å². The summed E-state index contributed by atoms with van der Waals surface area (Å²) >= 11 is 6.21. The van der Waals surface area contributed by atoms with Crippen LogP contribution in [0.5, 0.6) is 0 Å². The lowest BCUT2D eigenvalue weighted by atomic mass is 10.1. The van der Waals surface area contributed by atoms with Crippen LogP contribution in [-0.4, -0.2) is 67.2 Å². The minimum Gasteiger partial charge on any atom is -0.450 e. The largest absolute Gasteiger partial charge is 0.450 e. The fraction of sp³-hybridized carbons (Fsp3) is 0.619. The lowest BCUT2D eigenvalue weighted by molar-refractivity contribution is 0.0963. The Balaban J connectivity index is 0.00000320. The molecule has 9 heteroatoms. The molecule has 0 aliphatic carbocycles. The Hall–Kier alpha value is -1.26. The minimum absolute atomic E-state index is 0. The van der Waals surface area contributed by atoms with Crippen LogP contribution < -0.4 is 11.1 Å². The molecule has 2 fully saturated rings. The van der Waals surface area contributed by atoms with E-state index in [1.54, 1.807) is 4.90 Å². The van der Waals surface area contributed by atoms with Gasteiger partial charge in [0.25, 0.3) is 0 Å². The van der Waals surface area contributed by atoms with Crippen molar-refractivity contribution in [2.24, 2.45) is 10.7 Å². The first-order chi connectivity index (χ1) is 14.1. The Morgan fingerprint density at radius 2 is 2.00 bits per heavy atom. The standard InChI is InChI=1S/C21H32ClN5O2.HI/c1-2-29-21(28)27-12-8-18(9-13-27)25-20(23)24-15-19(26-10-3-4-11-26)16-6-5-7-17(22)14-16;/h5-7,14,18-19H,2-4,8-13,15H2,1H3,(H3,23,24,25);1H. The van der Waals surface area contributed by atoms with Gasteiger partial charge >= 0.3 is 6.09 Å². The average Bonchev–Trinajstić information content (AvgIpc) is 3.23. The molecule has 1 aromatic rings. The quantitative estimate of drug-likeness (QED) is 0.322. The second-order valence-corrected chi connectivity index (χ2v) is 8.08. The van der Waals surface area contributed by atoms with Crippen LogP contribution >= 0.6 is 35.6 Å². The van der Waals surface area contributed by atoms with E-state index in [1.807, 2.05) is 25.1 Å². The fourth-order valence-corrected chi connectivity index (χ4v) is 4.26. The summed E-state index contributed by atoms with van der Waals surface area (Å²) in [6.45, 7) is 6.31. The van der Waals surface area contributed by atoms with Crippen molar-refractivity contribution in [3.63, 3.8) is 0 Å². The van der Waals surface area contributed by atoms with Crippen molar-refractivity contribution in [2.45, 2.75) is 44.7 Å². The van der Waals surface area contributed by atoms with Crippen molar-refractivity contribution < 1.29 is 9.53 Å². The maximum absolute atomic E-state index is 11.8. The van der Waals surface area contributed by atoms with Crippen LogP contribution in [0, 0.1) is 0 Å². The SMILES string of the molecule is CCOC(=O)N1CCC(NC(N)=NCC(c2cccc(Cl)c2)N2CCCC2)CC1.I. The van der Waals surface area contributed by atoms with Crippen LogP contribution in [0.15, 0.2) is 29.3 Å². The molecule has 1 unspecified atom stereocenters. The number of piperidine rings is 1. The smallest absolute Gasteiger partial charge is 0.409 e. The number of carbonyl (C=O) groups is 1. The molecule has 0 saturated carbocycles. The highest BCUT2D eigenvalue weighted by Crippen LogP contribution is 2.27. The van der Waals surface area contributed by atoms with E-state index in [0.29, 0.717) is 32.2 Å². The van der Waals surface area contributed by atoms with E-state index in [4.69, 9.17) is 22.1 Å². The summed E-state index contributed by atoms with van der Waals surface area (Å²) in [6.07, 6.45) is 3.86. The number of likely N-dealkylation sites (tertiary alicyclic amines) is 2. The summed E-state index contributed by atoms with van der Waals surface area (Å²) in [5.41, 5.74) is 7.37. The first-order valence-electron chi connectivity index (χ1n) is 10.5. The number of rotatable bonds is 6. The summed E-state index contributed by atoms with van der Waals surface area (Å²) < 4.78 is 5.07. The minimum atomic E-state index is -0.234. The van der Waals surface area contributed by atoms with Crippen molar-refractivity contribution in [1.29, 1.82) is 0 Å². The molecule has 3 N–H and O–H groups in total. The molecule has 1 atom stereocenters. The first-order valence-corrected chi connectivity index (χ1v) is 10.9. The molecule has 1 amide bonds. The molecule has 0 radical (unpaired) electrons. The molecule has 1 aromatic carbocycles. The number of aliphatic imine (C=N–C) groups is 1. The molecule has 7 nitrogen and oxygen atoms in total. The number of halogens is 2. The zero-order valence-electron chi connectivity index (χ0n) is 17.6. The molecular formula is C21H33ClIN5O2. The van der Waals surface area contributed by atoms with E-state index in [0.717, 1.165) is 31.0 Å². The van der Waals surface area contributed by atoms with Crippen molar-refractivity contribution in [3.05, 3.63) is 34.9 Å². The van der Waals surface area contributed by atoms with Gasteiger partial charge in [0.05, 0.1) is 19.2 Å². The van der Waals surface area contributed by atoms with Crippen molar-refractivity contribution in [3.8, 4) is 0 Å². The third-order valence-corrected chi connectivity index (χ3v) is 5.86. The molecule has 30 heavy (non-hydrogen) atoms. The fourth-order valence-electron chi connectivity index (χ4n) is 4.06. The van der Waals surface area contributed by atoms with Gasteiger partial charge in [-0.3, -0.25) is 9.89 Å². The topological polar surface area (TPSA) is 83.2 Å². The summed E-state index contributed by atoms with van der Waals surface area (Å²) in [5.74, 6) is 0.464. The third kappa shape index (κ3) is 7.16. The predicted octanol–water partition coefficient (Wildman–Crippen LogP) is 3.62. The Morgan fingerprint density at radius 1 is 1.30 bits per heavy atom. The molecule has 2 saturated heterocycles. The number of nitrogens with two attached hydrogens (primary N) is 1. The number of ether oxygens (including phenoxy) is 1. The van der Waals surface area contributed by atoms with Crippen LogP contribution in [0.1, 0.15) is 44.2 Å². The lowest BCUT2D eigenvalue weighted by Crippen LogP contribution is -2.48. The van der Waals surface area contributed by atoms with Gasteiger partial charge in [-0.05, 0) is 63.4 Å². The molecular weight excluding hydrogens is 517 g/mol. The van der Waals surface area contributed by atoms with Crippen molar-refractivity contribution >= 4 is 47.6 Å². The Kier molecular flexibility index (Phi) is 10.5. The van der Waals surface area contributed by atoms with Crippen molar-refractivity contribution in [2.75, 3.05) is 39.3 Å². The van der Waals surface area contributed by atoms with Gasteiger partial charge in [-0.1, -0.05) is 23.7 Å². The third-order valence-electron chi connectivity index (χ3n) is 5.62. The zero-order valence-corrected chi connectivity index (χ0v) is 20.6. The van der Waals surface area contributed by atoms with Crippen LogP contribution in [0.2, 0.25) is 5.02 Å². The maximum atomic E-state index is 11.8. The molecule has 0 aromatic heterocycles. The van der Waals surface area contributed by atoms with Gasteiger partial charge in [-0.15, -0.1) is 24.0 Å². The molecule has 2 heterocycles. The summed E-state index contributed by atoms with van der Waals surface area (Å²) in [6, 6.07) is 8.42. The second kappa shape index (κ2) is 12.6. The predicted molar refractivity (Wildman–Crippen MR) is 132 cm³/mol. The Labute approximate surface area is 201 Å². The Morgan fingerprint density at radius 3 is 2.63 bits per heavy atom. The molecule has 3 rings (SSSR count). The van der Waals surface area contributed by atoms with Crippen LogP contribution in [0.25, 0.3) is 0 Å². The number of nitrogens with one attached hydrogen (secondary N) is 1. The second-order valence-electron chi connectivity index (χ2n) is 7.64. The van der Waals surface area contributed by atoms with Gasteiger partial charge in [0.2, 0.25) is 0 Å². The first kappa shape index (κ1) is 25.0. The van der Waals surface area contributed by atoms with Gasteiger partial charge in [-0.2, -0.15) is 0 Å². The number of benzene rings is 1. The number of hydrogen-bond acceptors (Lipinski definition) is 4. The average molecular weight is 550 g/mol. The number of carbonyl (C=O) groups excluding carboxylic acids is 1. The van der Waals surface area contributed by atoms with E-state index in [1.165, 1.54) is 18.4 Å². The van der Waals surface area contributed by atoms with E-state index >= 15 is 0 Å². The molecule has 2 aliphatic rings. The van der Waals surface area contributed by atoms with E-state index in [9.17, 15) is 4.79 Å². The summed E-state index contributed by atoms with van der Waals surface area (Å²) in [4.78, 5) is 20.7. The molecule has 0 bridgehead atoms. The highest BCUT2D eigenvalue weighted by atomic mass is 127. The van der Waals surface area contributed by atoms with Gasteiger partial charge < -0.3 is 20.7 Å². The molecule has 2 aliphatic heterocycles. The van der Waals surface area contributed by atoms with Gasteiger partial charge in [-0.25, -0.2) is 4.79 Å². The highest BCUT2D eigenvalue weighted by molar-refractivity contribution is 14.0. The molecule has 168 valence electrons. The van der Waals surface area contributed by atoms with Gasteiger partial charge in [0.1, 0.15) is 0 Å². The highest BCUT2D eigenvalue weighted by Gasteiger charge is 2.25. The Bertz CT molecular complexity index is 706. The number of guanidine groups is 1. The normalized spacial score (nSPS) is 19.3. The van der Waals surface area contributed by atoms with Gasteiger partial charge in [0, 0.05) is 24.2 Å². The summed E-state index contributed by atoms with van der Waals surface area (Å²) in [7, 11) is 0. The van der Waals surface area contributed by atoms with E-state index in [2.05, 4.69) is 21.3 Å². The summed E-state index contributed by atoms with van der Waals surface area (Å²) in [5, 5.41) is 4.07. The maximum Gasteiger partial charge on any atom is 0.409 e. The lowest BCUT2D eigenvalue weighted by Gasteiger charge is -2.32. The monoisotopic (exact) mass is 549 g/mol. The van der Waals surface area contributed by atoms with Crippen LogP contribution in [-0.2, 0) is 4.74 Å². The zero-order chi connectivity index (χ0) is 20.6. The number of nitrogens with zero attached hydrogens (tertiary/aromatic N) is 3. The van der Waals surface area contributed by atoms with Crippen LogP contribution in [0.3, 0.4) is 0 Å².